The number of benzene rings is 2. The predicted octanol–water partition coefficient (Wildman–Crippen LogP) is 3.80. The van der Waals surface area contributed by atoms with Crippen LogP contribution in [0.1, 0.15) is 30.6 Å². The van der Waals surface area contributed by atoms with Gasteiger partial charge in [-0.15, -0.1) is 5.92 Å². The van der Waals surface area contributed by atoms with Gasteiger partial charge in [0, 0.05) is 0 Å². The van der Waals surface area contributed by atoms with Crippen molar-refractivity contribution >= 4 is 16.7 Å². The minimum absolute atomic E-state index is 0.314. The normalized spacial score (nSPS) is 11.5. The number of carbonyl (C=O) groups excluding carboxylic acids is 1. The molecule has 0 fully saturated rings. The van der Waals surface area contributed by atoms with E-state index in [4.69, 9.17) is 4.74 Å². The van der Waals surface area contributed by atoms with E-state index in [9.17, 15) is 4.79 Å². The van der Waals surface area contributed by atoms with Crippen molar-refractivity contribution in [2.24, 2.45) is 0 Å². The Labute approximate surface area is 113 Å². The second-order valence-electron chi connectivity index (χ2n) is 4.22. The molecule has 2 nitrogen and oxygen atoms in total. The highest BCUT2D eigenvalue weighted by Crippen LogP contribution is 2.19. The van der Waals surface area contributed by atoms with Gasteiger partial charge in [0.15, 0.2) is 6.10 Å². The summed E-state index contributed by atoms with van der Waals surface area (Å²) < 4.78 is 5.42. The molecule has 0 aliphatic heterocycles. The Morgan fingerprint density at radius 2 is 1.95 bits per heavy atom. The lowest BCUT2D eigenvalue weighted by Gasteiger charge is -2.11. The standard InChI is InChI=1S/C17H16O2/c1-3-8-14(4-2)19-17(18)16-12-7-10-13-9-5-6-11-15(13)16/h5-7,9-12,14H,4H2,1-2H3. The Bertz CT molecular complexity index is 642. The molecule has 19 heavy (non-hydrogen) atoms. The van der Waals surface area contributed by atoms with Gasteiger partial charge in [0.1, 0.15) is 0 Å². The van der Waals surface area contributed by atoms with Gasteiger partial charge in [0.05, 0.1) is 5.56 Å². The van der Waals surface area contributed by atoms with Gasteiger partial charge in [-0.2, -0.15) is 0 Å². The molecule has 1 unspecified atom stereocenters. The van der Waals surface area contributed by atoms with E-state index in [1.807, 2.05) is 43.3 Å². The Morgan fingerprint density at radius 1 is 1.21 bits per heavy atom. The zero-order valence-electron chi connectivity index (χ0n) is 11.1. The first-order valence-corrected chi connectivity index (χ1v) is 6.37. The van der Waals surface area contributed by atoms with Gasteiger partial charge in [-0.1, -0.05) is 49.2 Å². The molecule has 0 heterocycles. The number of fused-ring (bicyclic) bond motifs is 1. The number of esters is 1. The van der Waals surface area contributed by atoms with Crippen LogP contribution in [0.15, 0.2) is 42.5 Å². The van der Waals surface area contributed by atoms with Crippen LogP contribution in [0.3, 0.4) is 0 Å². The highest BCUT2D eigenvalue weighted by atomic mass is 16.5. The molecule has 2 aromatic rings. The summed E-state index contributed by atoms with van der Waals surface area (Å²) in [5, 5.41) is 1.95. The Balaban J connectivity index is 2.33. The summed E-state index contributed by atoms with van der Waals surface area (Å²) in [7, 11) is 0. The summed E-state index contributed by atoms with van der Waals surface area (Å²) in [4.78, 5) is 12.2. The van der Waals surface area contributed by atoms with Gasteiger partial charge < -0.3 is 4.74 Å². The van der Waals surface area contributed by atoms with E-state index in [0.717, 1.165) is 10.8 Å². The highest BCUT2D eigenvalue weighted by molar-refractivity contribution is 6.04. The zero-order valence-corrected chi connectivity index (χ0v) is 11.1. The van der Waals surface area contributed by atoms with Crippen molar-refractivity contribution in [3.8, 4) is 11.8 Å². The fourth-order valence-corrected chi connectivity index (χ4v) is 1.97. The van der Waals surface area contributed by atoms with Gasteiger partial charge >= 0.3 is 5.97 Å². The lowest BCUT2D eigenvalue weighted by Crippen LogP contribution is -2.16. The van der Waals surface area contributed by atoms with Crippen molar-refractivity contribution in [2.75, 3.05) is 0 Å². The number of hydrogen-bond donors (Lipinski definition) is 0. The van der Waals surface area contributed by atoms with Crippen LogP contribution in [0.25, 0.3) is 10.8 Å². The van der Waals surface area contributed by atoms with Gasteiger partial charge in [0.2, 0.25) is 0 Å². The molecular weight excluding hydrogens is 236 g/mol. The average molecular weight is 252 g/mol. The molecule has 2 aromatic carbocycles. The highest BCUT2D eigenvalue weighted by Gasteiger charge is 2.14. The van der Waals surface area contributed by atoms with Crippen molar-refractivity contribution in [2.45, 2.75) is 26.4 Å². The smallest absolute Gasteiger partial charge is 0.340 e. The van der Waals surface area contributed by atoms with Gasteiger partial charge in [-0.3, -0.25) is 0 Å². The lowest BCUT2D eigenvalue weighted by atomic mass is 10.0. The number of rotatable bonds is 3. The monoisotopic (exact) mass is 252 g/mol. The van der Waals surface area contributed by atoms with Crippen molar-refractivity contribution < 1.29 is 9.53 Å². The molecule has 1 atom stereocenters. The molecule has 96 valence electrons. The number of carbonyl (C=O) groups is 1. The van der Waals surface area contributed by atoms with E-state index in [0.29, 0.717) is 12.0 Å². The molecule has 0 bridgehead atoms. The summed E-state index contributed by atoms with van der Waals surface area (Å²) in [6, 6.07) is 13.4. The van der Waals surface area contributed by atoms with Crippen LogP contribution >= 0.6 is 0 Å². The van der Waals surface area contributed by atoms with E-state index < -0.39 is 0 Å². The molecule has 0 aliphatic rings. The van der Waals surface area contributed by atoms with Crippen LogP contribution in [0, 0.1) is 11.8 Å². The molecular formula is C17H16O2. The van der Waals surface area contributed by atoms with Crippen molar-refractivity contribution in [1.82, 2.24) is 0 Å². The molecule has 0 N–H and O–H groups in total. The van der Waals surface area contributed by atoms with Gasteiger partial charge in [-0.25, -0.2) is 4.79 Å². The number of ether oxygens (including phenoxy) is 1. The van der Waals surface area contributed by atoms with Crippen LogP contribution in [0.2, 0.25) is 0 Å². The average Bonchev–Trinajstić information content (AvgIpc) is 2.46. The van der Waals surface area contributed by atoms with Crippen molar-refractivity contribution in [1.29, 1.82) is 0 Å². The molecule has 0 aliphatic carbocycles. The van der Waals surface area contributed by atoms with Crippen molar-refractivity contribution in [3.05, 3.63) is 48.0 Å². The quantitative estimate of drug-likeness (QED) is 0.613. The second kappa shape index (κ2) is 6.06. The molecule has 2 heteroatoms. The molecule has 2 rings (SSSR count). The van der Waals surface area contributed by atoms with Gasteiger partial charge in [-0.05, 0) is 30.2 Å². The van der Waals surface area contributed by atoms with E-state index in [1.54, 1.807) is 13.0 Å². The van der Waals surface area contributed by atoms with Crippen LogP contribution in [-0.2, 0) is 4.74 Å². The predicted molar refractivity (Wildman–Crippen MR) is 76.9 cm³/mol. The summed E-state index contributed by atoms with van der Waals surface area (Å²) in [5.74, 6) is 5.36. The Hall–Kier alpha value is -2.27. The molecule has 0 radical (unpaired) electrons. The fraction of sp³-hybridized carbons (Fsp3) is 0.235. The fourth-order valence-electron chi connectivity index (χ4n) is 1.97. The van der Waals surface area contributed by atoms with Gasteiger partial charge in [0.25, 0.3) is 0 Å². The maximum Gasteiger partial charge on any atom is 0.340 e. The summed E-state index contributed by atoms with van der Waals surface area (Å²) >= 11 is 0. The number of hydrogen-bond acceptors (Lipinski definition) is 2. The third-order valence-electron chi connectivity index (χ3n) is 2.93. The minimum atomic E-state index is -0.337. The Morgan fingerprint density at radius 3 is 2.68 bits per heavy atom. The molecule has 0 saturated heterocycles. The maximum absolute atomic E-state index is 12.2. The first-order valence-electron chi connectivity index (χ1n) is 6.37. The van der Waals surface area contributed by atoms with Crippen molar-refractivity contribution in [3.63, 3.8) is 0 Å². The van der Waals surface area contributed by atoms with Crippen LogP contribution in [-0.4, -0.2) is 12.1 Å². The zero-order chi connectivity index (χ0) is 13.7. The topological polar surface area (TPSA) is 26.3 Å². The maximum atomic E-state index is 12.2. The lowest BCUT2D eigenvalue weighted by molar-refractivity contribution is 0.0407. The summed E-state index contributed by atoms with van der Waals surface area (Å²) in [5.41, 5.74) is 0.592. The largest absolute Gasteiger partial charge is 0.446 e. The van der Waals surface area contributed by atoms with E-state index in [2.05, 4.69) is 11.8 Å². The van der Waals surface area contributed by atoms with E-state index >= 15 is 0 Å². The summed E-state index contributed by atoms with van der Waals surface area (Å²) in [6.07, 6.45) is 0.355. The second-order valence-corrected chi connectivity index (χ2v) is 4.22. The summed E-state index contributed by atoms with van der Waals surface area (Å²) in [6.45, 7) is 3.69. The third kappa shape index (κ3) is 2.95. The molecule has 0 saturated carbocycles. The first-order chi connectivity index (χ1) is 9.26. The Kier molecular flexibility index (Phi) is 4.20. The first kappa shape index (κ1) is 13.2. The van der Waals surface area contributed by atoms with Crippen LogP contribution in [0.4, 0.5) is 0 Å². The van der Waals surface area contributed by atoms with Crippen LogP contribution < -0.4 is 0 Å². The van der Waals surface area contributed by atoms with E-state index in [-0.39, 0.29) is 12.1 Å². The molecule has 0 spiro atoms. The molecule has 0 aromatic heterocycles. The van der Waals surface area contributed by atoms with E-state index in [1.165, 1.54) is 0 Å². The minimum Gasteiger partial charge on any atom is -0.446 e. The third-order valence-corrected chi connectivity index (χ3v) is 2.93. The van der Waals surface area contributed by atoms with Crippen LogP contribution in [0.5, 0.6) is 0 Å². The SMILES string of the molecule is CC#CC(CC)OC(=O)c1cccc2ccccc12. The molecule has 0 amide bonds.